The number of carbonyl (C=O) groups excluding carboxylic acids is 1. The maximum atomic E-state index is 11.5. The average Bonchev–Trinajstić information content (AvgIpc) is 2.69. The van der Waals surface area contributed by atoms with Gasteiger partial charge in [-0.05, 0) is 19.8 Å². The van der Waals surface area contributed by atoms with Crippen molar-refractivity contribution in [2.24, 2.45) is 0 Å². The van der Waals surface area contributed by atoms with Crippen LogP contribution in [0, 0.1) is 0 Å². The lowest BCUT2D eigenvalue weighted by Gasteiger charge is -2.12. The van der Waals surface area contributed by atoms with E-state index in [1.165, 1.54) is 10.9 Å². The minimum absolute atomic E-state index is 0.0367. The molecule has 0 aliphatic rings. The summed E-state index contributed by atoms with van der Waals surface area (Å²) in [5.41, 5.74) is 0. The topological polar surface area (TPSA) is 97.1 Å². The second kappa shape index (κ2) is 6.62. The van der Waals surface area contributed by atoms with Gasteiger partial charge < -0.3 is 10.4 Å². The van der Waals surface area contributed by atoms with Crippen LogP contribution < -0.4 is 5.32 Å². The molecule has 1 unspecified atom stereocenters. The number of hydrogen-bond acceptors (Lipinski definition) is 4. The number of carbonyl (C=O) groups is 2. The fourth-order valence-corrected chi connectivity index (χ4v) is 1.42. The van der Waals surface area contributed by atoms with Gasteiger partial charge in [-0.2, -0.15) is 0 Å². The third kappa shape index (κ3) is 5.64. The predicted molar refractivity (Wildman–Crippen MR) is 59.1 cm³/mol. The van der Waals surface area contributed by atoms with E-state index in [4.69, 9.17) is 5.11 Å². The zero-order chi connectivity index (χ0) is 12.7. The fourth-order valence-electron chi connectivity index (χ4n) is 1.42. The Morgan fingerprint density at radius 1 is 1.53 bits per heavy atom. The van der Waals surface area contributed by atoms with Crippen LogP contribution in [0.5, 0.6) is 0 Å². The molecule has 94 valence electrons. The summed E-state index contributed by atoms with van der Waals surface area (Å²) in [5.74, 6) is -0.968. The smallest absolute Gasteiger partial charge is 0.303 e. The minimum atomic E-state index is -0.814. The van der Waals surface area contributed by atoms with E-state index < -0.39 is 5.97 Å². The second-order valence-electron chi connectivity index (χ2n) is 3.86. The molecule has 0 aromatic carbocycles. The molecule has 0 saturated carbocycles. The van der Waals surface area contributed by atoms with Crippen LogP contribution in [0.25, 0.3) is 0 Å². The average molecular weight is 240 g/mol. The number of rotatable bonds is 7. The van der Waals surface area contributed by atoms with Gasteiger partial charge in [-0.1, -0.05) is 5.21 Å². The standard InChI is InChI=1S/C10H16N4O3/c1-8(3-2-4-10(16)17)12-9(15)7-14-6-5-11-13-14/h5-6,8H,2-4,7H2,1H3,(H,12,15)(H,16,17). The SMILES string of the molecule is CC(CCCC(=O)O)NC(=O)Cn1ccnn1. The normalized spacial score (nSPS) is 12.1. The molecule has 0 spiro atoms. The molecule has 1 atom stereocenters. The predicted octanol–water partition coefficient (Wildman–Crippen LogP) is 0.0377. The van der Waals surface area contributed by atoms with Gasteiger partial charge in [-0.25, -0.2) is 4.68 Å². The maximum Gasteiger partial charge on any atom is 0.303 e. The third-order valence-electron chi connectivity index (χ3n) is 2.21. The Morgan fingerprint density at radius 2 is 2.29 bits per heavy atom. The van der Waals surface area contributed by atoms with Crippen molar-refractivity contribution < 1.29 is 14.7 Å². The Labute approximate surface area is 98.8 Å². The molecule has 1 rings (SSSR count). The van der Waals surface area contributed by atoms with Crippen LogP contribution in [0.2, 0.25) is 0 Å². The summed E-state index contributed by atoms with van der Waals surface area (Å²) < 4.78 is 1.43. The van der Waals surface area contributed by atoms with E-state index in [1.807, 2.05) is 6.92 Å². The molecule has 0 saturated heterocycles. The maximum absolute atomic E-state index is 11.5. The molecular weight excluding hydrogens is 224 g/mol. The quantitative estimate of drug-likeness (QED) is 0.701. The molecule has 7 heteroatoms. The number of carboxylic acids is 1. The van der Waals surface area contributed by atoms with E-state index in [2.05, 4.69) is 15.6 Å². The van der Waals surface area contributed by atoms with Crippen LogP contribution in [0.4, 0.5) is 0 Å². The lowest BCUT2D eigenvalue weighted by molar-refractivity contribution is -0.137. The highest BCUT2D eigenvalue weighted by molar-refractivity contribution is 5.75. The van der Waals surface area contributed by atoms with Gasteiger partial charge in [0, 0.05) is 18.7 Å². The molecule has 0 radical (unpaired) electrons. The van der Waals surface area contributed by atoms with Crippen LogP contribution in [0.15, 0.2) is 12.4 Å². The molecule has 7 nitrogen and oxygen atoms in total. The van der Waals surface area contributed by atoms with Gasteiger partial charge in [0.25, 0.3) is 0 Å². The second-order valence-corrected chi connectivity index (χ2v) is 3.86. The molecule has 1 amide bonds. The van der Waals surface area contributed by atoms with Gasteiger partial charge in [0.15, 0.2) is 0 Å². The molecule has 0 aliphatic heterocycles. The van der Waals surface area contributed by atoms with Crippen molar-refractivity contribution >= 4 is 11.9 Å². The lowest BCUT2D eigenvalue weighted by Crippen LogP contribution is -2.35. The van der Waals surface area contributed by atoms with E-state index in [1.54, 1.807) is 6.20 Å². The number of nitrogens with zero attached hydrogens (tertiary/aromatic N) is 3. The van der Waals surface area contributed by atoms with Crippen LogP contribution in [0.1, 0.15) is 26.2 Å². The van der Waals surface area contributed by atoms with Gasteiger partial charge in [0.1, 0.15) is 6.54 Å². The monoisotopic (exact) mass is 240 g/mol. The van der Waals surface area contributed by atoms with Crippen molar-refractivity contribution in [1.29, 1.82) is 0 Å². The Morgan fingerprint density at radius 3 is 2.88 bits per heavy atom. The van der Waals surface area contributed by atoms with Crippen LogP contribution in [0.3, 0.4) is 0 Å². The number of carboxylic acid groups (broad SMARTS) is 1. The third-order valence-corrected chi connectivity index (χ3v) is 2.21. The van der Waals surface area contributed by atoms with Crippen LogP contribution in [-0.2, 0) is 16.1 Å². The van der Waals surface area contributed by atoms with Crippen molar-refractivity contribution in [2.45, 2.75) is 38.8 Å². The Balaban J connectivity index is 2.19. The zero-order valence-corrected chi connectivity index (χ0v) is 9.67. The number of nitrogens with one attached hydrogen (secondary N) is 1. The molecule has 2 N–H and O–H groups in total. The minimum Gasteiger partial charge on any atom is -0.481 e. The highest BCUT2D eigenvalue weighted by Crippen LogP contribution is 2.00. The van der Waals surface area contributed by atoms with Crippen molar-refractivity contribution in [3.8, 4) is 0 Å². The molecule has 0 fully saturated rings. The summed E-state index contributed by atoms with van der Waals surface area (Å²) in [6.07, 6.45) is 4.44. The molecule has 0 bridgehead atoms. The molecule has 1 aromatic heterocycles. The van der Waals surface area contributed by atoms with Crippen LogP contribution in [-0.4, -0.2) is 38.0 Å². The summed E-state index contributed by atoms with van der Waals surface area (Å²) in [7, 11) is 0. The van der Waals surface area contributed by atoms with Crippen molar-refractivity contribution in [3.63, 3.8) is 0 Å². The van der Waals surface area contributed by atoms with E-state index >= 15 is 0 Å². The van der Waals surface area contributed by atoms with E-state index in [-0.39, 0.29) is 24.9 Å². The summed E-state index contributed by atoms with van der Waals surface area (Å²) in [6, 6.07) is -0.0367. The number of hydrogen-bond donors (Lipinski definition) is 2. The fraction of sp³-hybridized carbons (Fsp3) is 0.600. The zero-order valence-electron chi connectivity index (χ0n) is 9.67. The first-order valence-electron chi connectivity index (χ1n) is 5.43. The van der Waals surface area contributed by atoms with E-state index in [9.17, 15) is 9.59 Å². The summed E-state index contributed by atoms with van der Waals surface area (Å²) >= 11 is 0. The first-order chi connectivity index (χ1) is 8.08. The molecule has 17 heavy (non-hydrogen) atoms. The van der Waals surface area contributed by atoms with E-state index in [0.717, 1.165) is 0 Å². The van der Waals surface area contributed by atoms with Gasteiger partial charge >= 0.3 is 5.97 Å². The molecular formula is C10H16N4O3. The summed E-state index contributed by atoms with van der Waals surface area (Å²) in [5, 5.41) is 18.5. The van der Waals surface area contributed by atoms with Gasteiger partial charge in [0.05, 0.1) is 6.20 Å². The largest absolute Gasteiger partial charge is 0.481 e. The van der Waals surface area contributed by atoms with Gasteiger partial charge in [-0.3, -0.25) is 9.59 Å². The Hall–Kier alpha value is -1.92. The van der Waals surface area contributed by atoms with Crippen molar-refractivity contribution in [3.05, 3.63) is 12.4 Å². The molecule has 1 aromatic rings. The number of aliphatic carboxylic acids is 1. The summed E-state index contributed by atoms with van der Waals surface area (Å²) in [4.78, 5) is 21.8. The number of amides is 1. The first-order valence-corrected chi connectivity index (χ1v) is 5.43. The molecule has 0 aliphatic carbocycles. The highest BCUT2D eigenvalue weighted by atomic mass is 16.4. The van der Waals surface area contributed by atoms with Crippen molar-refractivity contribution in [1.82, 2.24) is 20.3 Å². The number of aromatic nitrogens is 3. The lowest BCUT2D eigenvalue weighted by atomic mass is 10.1. The summed E-state index contributed by atoms with van der Waals surface area (Å²) in [6.45, 7) is 1.98. The molecule has 1 heterocycles. The van der Waals surface area contributed by atoms with Crippen LogP contribution >= 0.6 is 0 Å². The Bertz CT molecular complexity index is 364. The first kappa shape index (κ1) is 13.1. The van der Waals surface area contributed by atoms with Crippen molar-refractivity contribution in [2.75, 3.05) is 0 Å². The Kier molecular flexibility index (Phi) is 5.12. The van der Waals surface area contributed by atoms with Gasteiger partial charge in [-0.15, -0.1) is 5.10 Å². The van der Waals surface area contributed by atoms with E-state index in [0.29, 0.717) is 12.8 Å². The highest BCUT2D eigenvalue weighted by Gasteiger charge is 2.08. The van der Waals surface area contributed by atoms with Gasteiger partial charge in [0.2, 0.25) is 5.91 Å².